The fourth-order valence-corrected chi connectivity index (χ4v) is 2.13. The van der Waals surface area contributed by atoms with Gasteiger partial charge in [-0.05, 0) is 42.8 Å². The molecule has 1 N–H and O–H groups in total. The number of ether oxygens (including phenoxy) is 1. The van der Waals surface area contributed by atoms with E-state index in [9.17, 15) is 4.39 Å². The van der Waals surface area contributed by atoms with Gasteiger partial charge >= 0.3 is 0 Å². The van der Waals surface area contributed by atoms with Crippen LogP contribution in [0.1, 0.15) is 30.5 Å². The number of rotatable bonds is 4. The van der Waals surface area contributed by atoms with Crippen LogP contribution in [-0.4, -0.2) is 13.2 Å². The van der Waals surface area contributed by atoms with Crippen molar-refractivity contribution in [1.82, 2.24) is 5.32 Å². The molecular formula is C14H18FNO. The van der Waals surface area contributed by atoms with Crippen molar-refractivity contribution in [3.8, 4) is 0 Å². The van der Waals surface area contributed by atoms with Crippen LogP contribution in [0.15, 0.2) is 30.0 Å². The van der Waals surface area contributed by atoms with Gasteiger partial charge in [0.25, 0.3) is 0 Å². The van der Waals surface area contributed by atoms with Gasteiger partial charge in [-0.3, -0.25) is 0 Å². The Balaban J connectivity index is 2.34. The first-order valence-corrected chi connectivity index (χ1v) is 6.04. The lowest BCUT2D eigenvalue weighted by Gasteiger charge is -2.21. The van der Waals surface area contributed by atoms with Crippen molar-refractivity contribution in [2.24, 2.45) is 0 Å². The zero-order valence-electron chi connectivity index (χ0n) is 10.3. The van der Waals surface area contributed by atoms with Crippen molar-refractivity contribution in [3.05, 3.63) is 47.0 Å². The van der Waals surface area contributed by atoms with E-state index in [-0.39, 0.29) is 11.9 Å². The van der Waals surface area contributed by atoms with Crippen molar-refractivity contribution in [3.63, 3.8) is 0 Å². The summed E-state index contributed by atoms with van der Waals surface area (Å²) in [6.07, 6.45) is 3.02. The highest BCUT2D eigenvalue weighted by Crippen LogP contribution is 2.29. The quantitative estimate of drug-likeness (QED) is 0.866. The van der Waals surface area contributed by atoms with Crippen molar-refractivity contribution in [1.29, 1.82) is 0 Å². The predicted octanol–water partition coefficient (Wildman–Crippen LogP) is 3.09. The van der Waals surface area contributed by atoms with E-state index in [2.05, 4.69) is 11.4 Å². The Labute approximate surface area is 101 Å². The number of halogens is 1. The molecular weight excluding hydrogens is 217 g/mol. The van der Waals surface area contributed by atoms with Gasteiger partial charge in [0.15, 0.2) is 0 Å². The van der Waals surface area contributed by atoms with E-state index >= 15 is 0 Å². The standard InChI is InChI=1S/C14H18FNO/c1-3-16-14(13-5-4-8-17-13)12-9-11(15)7-6-10(12)2/h5-7,9,14,16H,3-4,8H2,1-2H3. The maximum absolute atomic E-state index is 13.3. The number of hydrogen-bond donors (Lipinski definition) is 1. The molecule has 1 aliphatic rings. The average Bonchev–Trinajstić information content (AvgIpc) is 2.83. The monoisotopic (exact) mass is 235 g/mol. The van der Waals surface area contributed by atoms with E-state index in [0.29, 0.717) is 0 Å². The molecule has 0 aromatic heterocycles. The maximum Gasteiger partial charge on any atom is 0.123 e. The van der Waals surface area contributed by atoms with Gasteiger partial charge in [0.05, 0.1) is 12.6 Å². The third-order valence-corrected chi connectivity index (χ3v) is 2.98. The molecule has 0 radical (unpaired) electrons. The van der Waals surface area contributed by atoms with E-state index in [4.69, 9.17) is 4.74 Å². The third-order valence-electron chi connectivity index (χ3n) is 2.98. The number of benzene rings is 1. The molecule has 1 aliphatic heterocycles. The molecule has 1 unspecified atom stereocenters. The third kappa shape index (κ3) is 2.67. The smallest absolute Gasteiger partial charge is 0.123 e. The van der Waals surface area contributed by atoms with Gasteiger partial charge in [-0.25, -0.2) is 4.39 Å². The molecule has 92 valence electrons. The Hall–Kier alpha value is -1.35. The minimum Gasteiger partial charge on any atom is -0.496 e. The van der Waals surface area contributed by atoms with Crippen molar-refractivity contribution >= 4 is 0 Å². The minimum absolute atomic E-state index is 0.0294. The molecule has 1 atom stereocenters. The minimum atomic E-state index is -0.202. The lowest BCUT2D eigenvalue weighted by molar-refractivity contribution is 0.215. The molecule has 0 bridgehead atoms. The van der Waals surface area contributed by atoms with Gasteiger partial charge in [0.1, 0.15) is 11.6 Å². The molecule has 0 aliphatic carbocycles. The van der Waals surface area contributed by atoms with Crippen LogP contribution >= 0.6 is 0 Å². The molecule has 2 rings (SSSR count). The Bertz CT molecular complexity index is 428. The summed E-state index contributed by atoms with van der Waals surface area (Å²) in [7, 11) is 0. The second-order valence-corrected chi connectivity index (χ2v) is 4.24. The van der Waals surface area contributed by atoms with E-state index in [1.54, 1.807) is 6.07 Å². The van der Waals surface area contributed by atoms with Crippen LogP contribution in [0.25, 0.3) is 0 Å². The maximum atomic E-state index is 13.3. The second kappa shape index (κ2) is 5.32. The highest BCUT2D eigenvalue weighted by Gasteiger charge is 2.21. The van der Waals surface area contributed by atoms with Crippen molar-refractivity contribution < 1.29 is 9.13 Å². The van der Waals surface area contributed by atoms with Crippen LogP contribution in [0.4, 0.5) is 4.39 Å². The molecule has 0 saturated heterocycles. The molecule has 1 aromatic carbocycles. The first kappa shape index (κ1) is 12.1. The van der Waals surface area contributed by atoms with Crippen LogP contribution in [-0.2, 0) is 4.74 Å². The Kier molecular flexibility index (Phi) is 3.79. The van der Waals surface area contributed by atoms with Gasteiger partial charge in [0.2, 0.25) is 0 Å². The molecule has 0 saturated carbocycles. The Morgan fingerprint density at radius 1 is 1.47 bits per heavy atom. The first-order valence-electron chi connectivity index (χ1n) is 6.04. The van der Waals surface area contributed by atoms with Gasteiger partial charge in [-0.15, -0.1) is 0 Å². The Morgan fingerprint density at radius 2 is 2.29 bits per heavy atom. The second-order valence-electron chi connectivity index (χ2n) is 4.24. The van der Waals surface area contributed by atoms with Gasteiger partial charge in [-0.1, -0.05) is 13.0 Å². The topological polar surface area (TPSA) is 21.3 Å². The fraction of sp³-hybridized carbons (Fsp3) is 0.429. The van der Waals surface area contributed by atoms with Crippen LogP contribution in [0.2, 0.25) is 0 Å². The molecule has 1 aromatic rings. The van der Waals surface area contributed by atoms with E-state index < -0.39 is 0 Å². The largest absolute Gasteiger partial charge is 0.496 e. The molecule has 1 heterocycles. The van der Waals surface area contributed by atoms with Gasteiger partial charge in [-0.2, -0.15) is 0 Å². The van der Waals surface area contributed by atoms with E-state index in [0.717, 1.165) is 36.5 Å². The number of likely N-dealkylation sites (N-methyl/N-ethyl adjacent to an activating group) is 1. The summed E-state index contributed by atoms with van der Waals surface area (Å²) in [5.41, 5.74) is 2.04. The molecule has 0 fully saturated rings. The molecule has 0 amide bonds. The van der Waals surface area contributed by atoms with E-state index in [1.165, 1.54) is 6.07 Å². The molecule has 17 heavy (non-hydrogen) atoms. The summed E-state index contributed by atoms with van der Waals surface area (Å²) < 4.78 is 18.9. The van der Waals surface area contributed by atoms with Crippen LogP contribution in [0.5, 0.6) is 0 Å². The summed E-state index contributed by atoms with van der Waals surface area (Å²) in [5.74, 6) is 0.715. The summed E-state index contributed by atoms with van der Waals surface area (Å²) >= 11 is 0. The van der Waals surface area contributed by atoms with Gasteiger partial charge < -0.3 is 10.1 Å². The number of aryl methyl sites for hydroxylation is 1. The van der Waals surface area contributed by atoms with Gasteiger partial charge in [0, 0.05) is 6.42 Å². The molecule has 0 spiro atoms. The predicted molar refractivity (Wildman–Crippen MR) is 66.2 cm³/mol. The lowest BCUT2D eigenvalue weighted by Crippen LogP contribution is -2.24. The Morgan fingerprint density at radius 3 is 2.94 bits per heavy atom. The highest BCUT2D eigenvalue weighted by molar-refractivity contribution is 5.34. The van der Waals surface area contributed by atoms with Crippen molar-refractivity contribution in [2.75, 3.05) is 13.2 Å². The SMILES string of the molecule is CCNC(C1=CCCO1)c1cc(F)ccc1C. The summed E-state index contributed by atoms with van der Waals surface area (Å²) in [4.78, 5) is 0. The zero-order valence-corrected chi connectivity index (χ0v) is 10.3. The summed E-state index contributed by atoms with van der Waals surface area (Å²) in [6, 6.07) is 4.86. The molecule has 3 heteroatoms. The van der Waals surface area contributed by atoms with Crippen LogP contribution < -0.4 is 5.32 Å². The van der Waals surface area contributed by atoms with E-state index in [1.807, 2.05) is 19.9 Å². The average molecular weight is 235 g/mol. The van der Waals surface area contributed by atoms with Crippen LogP contribution in [0, 0.1) is 12.7 Å². The molecule has 2 nitrogen and oxygen atoms in total. The number of hydrogen-bond acceptors (Lipinski definition) is 2. The normalized spacial score (nSPS) is 16.5. The summed E-state index contributed by atoms with van der Waals surface area (Å²) in [6.45, 7) is 5.58. The fourth-order valence-electron chi connectivity index (χ4n) is 2.13. The summed E-state index contributed by atoms with van der Waals surface area (Å²) in [5, 5.41) is 3.35. The van der Waals surface area contributed by atoms with Crippen LogP contribution in [0.3, 0.4) is 0 Å². The first-order chi connectivity index (χ1) is 8.22. The number of nitrogens with one attached hydrogen (secondary N) is 1. The zero-order chi connectivity index (χ0) is 12.3. The lowest BCUT2D eigenvalue weighted by atomic mass is 9.99. The highest BCUT2D eigenvalue weighted by atomic mass is 19.1. The van der Waals surface area contributed by atoms with Crippen molar-refractivity contribution in [2.45, 2.75) is 26.3 Å².